The summed E-state index contributed by atoms with van der Waals surface area (Å²) < 4.78 is 0. The molecule has 2 heteroatoms. The first-order chi connectivity index (χ1) is 15.8. The highest BCUT2D eigenvalue weighted by molar-refractivity contribution is 6.04. The van der Waals surface area contributed by atoms with Crippen LogP contribution in [0.2, 0.25) is 0 Å². The lowest BCUT2D eigenvalue weighted by Crippen LogP contribution is -1.85. The molecule has 0 N–H and O–H groups in total. The lowest BCUT2D eigenvalue weighted by molar-refractivity contribution is 1.39. The number of benzene rings is 6. The molecule has 0 aliphatic heterocycles. The average Bonchev–Trinajstić information content (AvgIpc) is 2.85. The number of aromatic nitrogens is 2. The Balaban J connectivity index is 0.000000126. The van der Waals surface area contributed by atoms with E-state index in [4.69, 9.17) is 0 Å². The first kappa shape index (κ1) is 18.5. The summed E-state index contributed by atoms with van der Waals surface area (Å²) in [6.45, 7) is 0. The Morgan fingerprint density at radius 2 is 0.531 bits per heavy atom. The third kappa shape index (κ3) is 3.42. The predicted molar refractivity (Wildman–Crippen MR) is 136 cm³/mol. The number of hydrogen-bond acceptors (Lipinski definition) is 2. The van der Waals surface area contributed by atoms with Gasteiger partial charge in [0, 0.05) is 0 Å². The fraction of sp³-hybridized carbons (Fsp3) is 0. The van der Waals surface area contributed by atoms with Gasteiger partial charge in [0.25, 0.3) is 0 Å². The van der Waals surface area contributed by atoms with E-state index >= 15 is 0 Å². The second-order valence-electron chi connectivity index (χ2n) is 7.95. The standard InChI is InChI=1S/C18H12.C12H8N2/c1-2-6-14-10-18-12-16-8-4-3-7-15(16)11-17(18)9-13(14)5-1;1-2-6-10-9(5-1)13-11-7-3-4-8-12(11)14-10/h1-12H;1-8H. The van der Waals surface area contributed by atoms with Gasteiger partial charge in [-0.25, -0.2) is 9.97 Å². The molecular weight excluding hydrogens is 388 g/mol. The normalized spacial score (nSPS) is 11.1. The Kier molecular flexibility index (Phi) is 4.47. The number of fused-ring (bicyclic) bond motifs is 5. The molecule has 0 aliphatic rings. The van der Waals surface area contributed by atoms with Crippen molar-refractivity contribution in [1.29, 1.82) is 0 Å². The maximum absolute atomic E-state index is 4.52. The van der Waals surface area contributed by atoms with Crippen molar-refractivity contribution < 1.29 is 0 Å². The summed E-state index contributed by atoms with van der Waals surface area (Å²) in [5.41, 5.74) is 3.80. The molecule has 0 aliphatic carbocycles. The largest absolute Gasteiger partial charge is 0.245 e. The minimum absolute atomic E-state index is 0.950. The maximum atomic E-state index is 4.52. The van der Waals surface area contributed by atoms with Crippen molar-refractivity contribution >= 4 is 54.4 Å². The third-order valence-corrected chi connectivity index (χ3v) is 5.81. The predicted octanol–water partition coefficient (Wildman–Crippen LogP) is 7.93. The SMILES string of the molecule is c1ccc2cc3cc4ccccc4cc3cc2c1.c1ccc2nc3ccccc3nc2c1. The van der Waals surface area contributed by atoms with E-state index in [-0.39, 0.29) is 0 Å². The van der Waals surface area contributed by atoms with Crippen LogP contribution in [0.5, 0.6) is 0 Å². The van der Waals surface area contributed by atoms with Gasteiger partial charge in [0.15, 0.2) is 0 Å². The van der Waals surface area contributed by atoms with Crippen LogP contribution in [0, 0.1) is 0 Å². The molecule has 0 fully saturated rings. The van der Waals surface area contributed by atoms with Gasteiger partial charge in [-0.05, 0) is 80.8 Å². The van der Waals surface area contributed by atoms with Crippen LogP contribution >= 0.6 is 0 Å². The zero-order valence-electron chi connectivity index (χ0n) is 17.4. The lowest BCUT2D eigenvalue weighted by atomic mass is 10.00. The smallest absolute Gasteiger partial charge is 0.0894 e. The third-order valence-electron chi connectivity index (χ3n) is 5.81. The van der Waals surface area contributed by atoms with Crippen LogP contribution in [-0.4, -0.2) is 9.97 Å². The molecule has 0 unspecified atom stereocenters. The van der Waals surface area contributed by atoms with E-state index in [0.717, 1.165) is 22.1 Å². The van der Waals surface area contributed by atoms with Crippen molar-refractivity contribution in [3.63, 3.8) is 0 Å². The number of rotatable bonds is 0. The maximum Gasteiger partial charge on any atom is 0.0894 e. The summed E-state index contributed by atoms with van der Waals surface area (Å²) in [5.74, 6) is 0. The van der Waals surface area contributed by atoms with E-state index < -0.39 is 0 Å². The molecule has 0 saturated heterocycles. The van der Waals surface area contributed by atoms with Crippen LogP contribution in [0.25, 0.3) is 54.4 Å². The van der Waals surface area contributed by atoms with Crippen LogP contribution < -0.4 is 0 Å². The molecule has 0 bridgehead atoms. The Hall–Kier alpha value is -4.30. The van der Waals surface area contributed by atoms with Crippen molar-refractivity contribution in [2.45, 2.75) is 0 Å². The molecule has 0 amide bonds. The fourth-order valence-corrected chi connectivity index (χ4v) is 4.20. The quantitative estimate of drug-likeness (QED) is 0.238. The van der Waals surface area contributed by atoms with Gasteiger partial charge in [0.1, 0.15) is 0 Å². The molecule has 0 spiro atoms. The summed E-state index contributed by atoms with van der Waals surface area (Å²) in [4.78, 5) is 9.03. The van der Waals surface area contributed by atoms with Gasteiger partial charge in [0.2, 0.25) is 0 Å². The average molecular weight is 409 g/mol. The van der Waals surface area contributed by atoms with Crippen molar-refractivity contribution in [2.75, 3.05) is 0 Å². The highest BCUT2D eigenvalue weighted by atomic mass is 14.8. The van der Waals surface area contributed by atoms with Gasteiger partial charge in [-0.15, -0.1) is 0 Å². The molecule has 2 nitrogen and oxygen atoms in total. The first-order valence-corrected chi connectivity index (χ1v) is 10.8. The monoisotopic (exact) mass is 408 g/mol. The number of hydrogen-bond donors (Lipinski definition) is 0. The molecule has 1 aromatic heterocycles. The lowest BCUT2D eigenvalue weighted by Gasteiger charge is -2.04. The molecule has 0 saturated carbocycles. The van der Waals surface area contributed by atoms with Crippen molar-refractivity contribution in [1.82, 2.24) is 9.97 Å². The van der Waals surface area contributed by atoms with Gasteiger partial charge in [-0.3, -0.25) is 0 Å². The topological polar surface area (TPSA) is 25.8 Å². The fourth-order valence-electron chi connectivity index (χ4n) is 4.20. The summed E-state index contributed by atoms with van der Waals surface area (Å²) in [7, 11) is 0. The van der Waals surface area contributed by atoms with E-state index in [1.54, 1.807) is 0 Å². The van der Waals surface area contributed by atoms with Crippen LogP contribution in [0.3, 0.4) is 0 Å². The second kappa shape index (κ2) is 7.75. The highest BCUT2D eigenvalue weighted by Crippen LogP contribution is 2.27. The van der Waals surface area contributed by atoms with E-state index in [1.807, 2.05) is 48.5 Å². The molecule has 7 aromatic rings. The number of para-hydroxylation sites is 4. The molecule has 150 valence electrons. The molecular formula is C30H20N2. The highest BCUT2D eigenvalue weighted by Gasteiger charge is 2.00. The minimum atomic E-state index is 0.950. The van der Waals surface area contributed by atoms with Gasteiger partial charge < -0.3 is 0 Å². The molecule has 6 aromatic carbocycles. The van der Waals surface area contributed by atoms with Gasteiger partial charge in [-0.2, -0.15) is 0 Å². The number of nitrogens with zero attached hydrogens (tertiary/aromatic N) is 2. The first-order valence-electron chi connectivity index (χ1n) is 10.8. The van der Waals surface area contributed by atoms with E-state index in [0.29, 0.717) is 0 Å². The van der Waals surface area contributed by atoms with E-state index in [2.05, 4.69) is 82.8 Å². The zero-order valence-corrected chi connectivity index (χ0v) is 17.4. The molecule has 7 rings (SSSR count). The van der Waals surface area contributed by atoms with Gasteiger partial charge in [0.05, 0.1) is 22.1 Å². The van der Waals surface area contributed by atoms with Gasteiger partial charge >= 0.3 is 0 Å². The Labute approximate surface area is 185 Å². The Morgan fingerprint density at radius 3 is 0.812 bits per heavy atom. The minimum Gasteiger partial charge on any atom is -0.245 e. The zero-order chi connectivity index (χ0) is 21.3. The van der Waals surface area contributed by atoms with Crippen molar-refractivity contribution in [3.8, 4) is 0 Å². The van der Waals surface area contributed by atoms with Crippen LogP contribution in [0.1, 0.15) is 0 Å². The van der Waals surface area contributed by atoms with Gasteiger partial charge in [-0.1, -0.05) is 72.8 Å². The summed E-state index contributed by atoms with van der Waals surface area (Å²) in [6.07, 6.45) is 0. The Morgan fingerprint density at radius 1 is 0.281 bits per heavy atom. The molecule has 0 radical (unpaired) electrons. The van der Waals surface area contributed by atoms with Crippen LogP contribution in [0.4, 0.5) is 0 Å². The van der Waals surface area contributed by atoms with Crippen LogP contribution in [-0.2, 0) is 0 Å². The van der Waals surface area contributed by atoms with Crippen LogP contribution in [0.15, 0.2) is 121 Å². The van der Waals surface area contributed by atoms with Crippen molar-refractivity contribution in [3.05, 3.63) is 121 Å². The molecule has 0 atom stereocenters. The summed E-state index contributed by atoms with van der Waals surface area (Å²) in [6, 6.07) is 42.0. The second-order valence-corrected chi connectivity index (χ2v) is 7.95. The Bertz CT molecular complexity index is 1490. The summed E-state index contributed by atoms with van der Waals surface area (Å²) in [5, 5.41) is 7.85. The summed E-state index contributed by atoms with van der Waals surface area (Å²) >= 11 is 0. The molecule has 1 heterocycles. The van der Waals surface area contributed by atoms with Crippen molar-refractivity contribution in [2.24, 2.45) is 0 Å². The van der Waals surface area contributed by atoms with E-state index in [1.165, 1.54) is 32.3 Å². The molecule has 32 heavy (non-hydrogen) atoms. The van der Waals surface area contributed by atoms with E-state index in [9.17, 15) is 0 Å².